The van der Waals surface area contributed by atoms with E-state index in [1.165, 1.54) is 6.42 Å². The van der Waals surface area contributed by atoms with Crippen LogP contribution in [0, 0.1) is 63.1 Å². The molecule has 0 aromatic carbocycles. The van der Waals surface area contributed by atoms with Gasteiger partial charge in [-0.05, 0) is 35.5 Å². The van der Waals surface area contributed by atoms with Crippen molar-refractivity contribution >= 4 is 0 Å². The van der Waals surface area contributed by atoms with Gasteiger partial charge < -0.3 is 4.74 Å². The molecule has 3 aliphatic carbocycles. The van der Waals surface area contributed by atoms with Crippen LogP contribution in [-0.2, 0) is 4.74 Å². The number of nitrogens with zero attached hydrogens (tertiary/aromatic N) is 2. The Labute approximate surface area is 108 Å². The van der Waals surface area contributed by atoms with Crippen LogP contribution in [0.2, 0.25) is 0 Å². The lowest BCUT2D eigenvalue weighted by Crippen LogP contribution is -2.63. The van der Waals surface area contributed by atoms with E-state index in [0.717, 1.165) is 0 Å². The Bertz CT molecular complexity index is 492. The van der Waals surface area contributed by atoms with Gasteiger partial charge in [0.2, 0.25) is 0 Å². The summed E-state index contributed by atoms with van der Waals surface area (Å²) in [6, 6.07) is 4.80. The van der Waals surface area contributed by atoms with Gasteiger partial charge in [-0.3, -0.25) is 0 Å². The fraction of sp³-hybridized carbons (Fsp3) is 0.867. The van der Waals surface area contributed by atoms with E-state index in [1.54, 1.807) is 0 Å². The van der Waals surface area contributed by atoms with Crippen LogP contribution < -0.4 is 0 Å². The number of rotatable bonds is 0. The molecule has 94 valence electrons. The zero-order chi connectivity index (χ0) is 12.9. The highest BCUT2D eigenvalue weighted by atomic mass is 16.6. The van der Waals surface area contributed by atoms with Crippen molar-refractivity contribution in [2.45, 2.75) is 39.4 Å². The third-order valence-corrected chi connectivity index (χ3v) is 6.02. The second-order valence-electron chi connectivity index (χ2n) is 7.67. The molecule has 6 unspecified atom stereocenters. The molecule has 4 aliphatic rings. The summed E-state index contributed by atoms with van der Waals surface area (Å²) in [5.74, 6) is 2.17. The van der Waals surface area contributed by atoms with Crippen molar-refractivity contribution in [1.29, 1.82) is 10.5 Å². The third kappa shape index (κ3) is 0.895. The Hall–Kier alpha value is -1.06. The number of hydrogen-bond donors (Lipinski definition) is 0. The number of epoxide rings is 1. The van der Waals surface area contributed by atoms with Crippen molar-refractivity contribution in [2.24, 2.45) is 40.4 Å². The molecule has 3 saturated carbocycles. The Morgan fingerprint density at radius 3 is 2.28 bits per heavy atom. The van der Waals surface area contributed by atoms with E-state index in [4.69, 9.17) is 4.74 Å². The standard InChI is InChI=1S/C15H18N2O/c1-14(2,3)13-9-7-4-8(12-11(7)18-12)10(9)15(13,5-16)6-17/h7-13H,4H2,1-3H3/t7?,8?,9?,10?,11?,12?,13-/m0/s1. The van der Waals surface area contributed by atoms with Gasteiger partial charge >= 0.3 is 0 Å². The summed E-state index contributed by atoms with van der Waals surface area (Å²) >= 11 is 0. The van der Waals surface area contributed by atoms with Gasteiger partial charge in [0.05, 0.1) is 24.3 Å². The Morgan fingerprint density at radius 2 is 1.72 bits per heavy atom. The maximum atomic E-state index is 9.63. The highest BCUT2D eigenvalue weighted by molar-refractivity contribution is 5.36. The molecule has 1 saturated heterocycles. The molecule has 2 bridgehead atoms. The number of ether oxygens (including phenoxy) is 1. The van der Waals surface area contributed by atoms with Gasteiger partial charge in [-0.2, -0.15) is 10.5 Å². The molecule has 0 amide bonds. The fourth-order valence-electron chi connectivity index (χ4n) is 5.75. The van der Waals surface area contributed by atoms with Crippen LogP contribution in [0.5, 0.6) is 0 Å². The van der Waals surface area contributed by atoms with Gasteiger partial charge in [-0.15, -0.1) is 0 Å². The molecule has 3 nitrogen and oxygen atoms in total. The molecule has 7 atom stereocenters. The Kier molecular flexibility index (Phi) is 1.66. The SMILES string of the molecule is CC(C)(C)[C@@H]1C2C3CC(C4OC34)C2C1(C#N)C#N. The first kappa shape index (κ1) is 10.8. The average Bonchev–Trinajstić information content (AvgIpc) is 2.91. The predicted molar refractivity (Wildman–Crippen MR) is 63.8 cm³/mol. The van der Waals surface area contributed by atoms with E-state index in [1.807, 2.05) is 0 Å². The van der Waals surface area contributed by atoms with Crippen LogP contribution in [0.3, 0.4) is 0 Å². The highest BCUT2D eigenvalue weighted by Gasteiger charge is 2.81. The van der Waals surface area contributed by atoms with E-state index in [-0.39, 0.29) is 17.3 Å². The second-order valence-corrected chi connectivity index (χ2v) is 7.67. The van der Waals surface area contributed by atoms with E-state index in [2.05, 4.69) is 32.9 Å². The Morgan fingerprint density at radius 1 is 1.11 bits per heavy atom. The van der Waals surface area contributed by atoms with E-state index in [0.29, 0.717) is 30.0 Å². The molecule has 4 rings (SSSR count). The first-order chi connectivity index (χ1) is 8.45. The lowest BCUT2D eigenvalue weighted by atomic mass is 9.39. The van der Waals surface area contributed by atoms with E-state index >= 15 is 0 Å². The normalized spacial score (nSPS) is 53.7. The topological polar surface area (TPSA) is 60.1 Å². The number of fused-ring (bicyclic) bond motifs is 8. The van der Waals surface area contributed by atoms with E-state index in [9.17, 15) is 10.5 Å². The number of hydrogen-bond acceptors (Lipinski definition) is 3. The summed E-state index contributed by atoms with van der Waals surface area (Å²) < 4.78 is 5.75. The molecule has 1 heterocycles. The molecule has 0 radical (unpaired) electrons. The van der Waals surface area contributed by atoms with E-state index < -0.39 is 5.41 Å². The van der Waals surface area contributed by atoms with Crippen molar-refractivity contribution in [3.8, 4) is 12.1 Å². The smallest absolute Gasteiger partial charge is 0.150 e. The average molecular weight is 242 g/mol. The molecule has 18 heavy (non-hydrogen) atoms. The van der Waals surface area contributed by atoms with Gasteiger partial charge in [0.15, 0.2) is 5.41 Å². The van der Waals surface area contributed by atoms with Crippen LogP contribution in [0.4, 0.5) is 0 Å². The van der Waals surface area contributed by atoms with Gasteiger partial charge in [0, 0.05) is 5.92 Å². The molecule has 1 aliphatic heterocycles. The summed E-state index contributed by atoms with van der Waals surface area (Å²) in [5, 5.41) is 19.3. The van der Waals surface area contributed by atoms with Crippen LogP contribution in [0.15, 0.2) is 0 Å². The lowest BCUT2D eigenvalue weighted by molar-refractivity contribution is -0.123. The van der Waals surface area contributed by atoms with Crippen molar-refractivity contribution in [1.82, 2.24) is 0 Å². The molecule has 0 aromatic rings. The van der Waals surface area contributed by atoms with Gasteiger partial charge in [-0.1, -0.05) is 20.8 Å². The van der Waals surface area contributed by atoms with Crippen molar-refractivity contribution in [3.05, 3.63) is 0 Å². The molecular weight excluding hydrogens is 224 g/mol. The number of nitriles is 2. The van der Waals surface area contributed by atoms with Crippen LogP contribution in [-0.4, -0.2) is 12.2 Å². The first-order valence-electron chi connectivity index (χ1n) is 6.93. The largest absolute Gasteiger partial charge is 0.369 e. The monoisotopic (exact) mass is 242 g/mol. The molecular formula is C15H18N2O. The summed E-state index contributed by atoms with van der Waals surface area (Å²) in [4.78, 5) is 0. The van der Waals surface area contributed by atoms with Crippen molar-refractivity contribution in [2.75, 3.05) is 0 Å². The van der Waals surface area contributed by atoms with Crippen molar-refractivity contribution in [3.63, 3.8) is 0 Å². The van der Waals surface area contributed by atoms with Gasteiger partial charge in [0.1, 0.15) is 0 Å². The summed E-state index contributed by atoms with van der Waals surface area (Å²) in [7, 11) is 0. The predicted octanol–water partition coefficient (Wildman–Crippen LogP) is 2.35. The summed E-state index contributed by atoms with van der Waals surface area (Å²) in [5.41, 5.74) is -0.721. The van der Waals surface area contributed by atoms with Crippen LogP contribution in [0.25, 0.3) is 0 Å². The molecule has 3 heteroatoms. The zero-order valence-electron chi connectivity index (χ0n) is 11.1. The maximum Gasteiger partial charge on any atom is 0.150 e. The molecule has 0 spiro atoms. The van der Waals surface area contributed by atoms with Crippen LogP contribution in [0.1, 0.15) is 27.2 Å². The fourth-order valence-corrected chi connectivity index (χ4v) is 5.75. The van der Waals surface area contributed by atoms with Gasteiger partial charge in [0.25, 0.3) is 0 Å². The van der Waals surface area contributed by atoms with Gasteiger partial charge in [-0.25, -0.2) is 0 Å². The highest BCUT2D eigenvalue weighted by Crippen LogP contribution is 2.77. The summed E-state index contributed by atoms with van der Waals surface area (Å²) in [6.07, 6.45) is 2.05. The Balaban J connectivity index is 1.80. The maximum absolute atomic E-state index is 9.63. The minimum absolute atomic E-state index is 0.0293. The third-order valence-electron chi connectivity index (χ3n) is 6.02. The minimum atomic E-state index is -0.751. The molecule has 0 N–H and O–H groups in total. The quantitative estimate of drug-likeness (QED) is 0.612. The first-order valence-corrected chi connectivity index (χ1v) is 6.93. The molecule has 4 fully saturated rings. The lowest BCUT2D eigenvalue weighted by Gasteiger charge is -2.60. The molecule has 0 aromatic heterocycles. The van der Waals surface area contributed by atoms with Crippen molar-refractivity contribution < 1.29 is 4.74 Å². The van der Waals surface area contributed by atoms with Crippen LogP contribution >= 0.6 is 0 Å². The zero-order valence-corrected chi connectivity index (χ0v) is 11.1. The minimum Gasteiger partial charge on any atom is -0.369 e. The second kappa shape index (κ2) is 2.75. The summed E-state index contributed by atoms with van der Waals surface area (Å²) in [6.45, 7) is 6.53.